The lowest BCUT2D eigenvalue weighted by Gasteiger charge is -2.34. The van der Waals surface area contributed by atoms with Crippen LogP contribution in [0.5, 0.6) is 6.01 Å². The average Bonchev–Trinajstić information content (AvgIpc) is 3.85. The van der Waals surface area contributed by atoms with Gasteiger partial charge in [-0.15, -0.1) is 11.3 Å². The second kappa shape index (κ2) is 13.1. The van der Waals surface area contributed by atoms with Crippen molar-refractivity contribution in [2.24, 2.45) is 0 Å². The van der Waals surface area contributed by atoms with Crippen LogP contribution in [0.3, 0.4) is 0 Å². The number of likely N-dealkylation sites (tertiary alicyclic amines) is 1. The Bertz CT molecular complexity index is 2150. The van der Waals surface area contributed by atoms with Gasteiger partial charge in [-0.2, -0.15) is 28.4 Å². The summed E-state index contributed by atoms with van der Waals surface area (Å²) in [5.74, 6) is -2.56. The van der Waals surface area contributed by atoms with Crippen molar-refractivity contribution in [1.29, 1.82) is 5.26 Å². The molecule has 2 aromatic carbocycles. The molecule has 0 spiro atoms. The first kappa shape index (κ1) is 35.8. The predicted molar refractivity (Wildman–Crippen MR) is 186 cm³/mol. The van der Waals surface area contributed by atoms with Gasteiger partial charge in [-0.05, 0) is 63.4 Å². The number of rotatable bonds is 8. The topological polar surface area (TPSA) is 112 Å². The summed E-state index contributed by atoms with van der Waals surface area (Å²) in [7, 11) is 0. The molecule has 2 aromatic heterocycles. The number of nitriles is 1. The van der Waals surface area contributed by atoms with Crippen molar-refractivity contribution in [1.82, 2.24) is 19.8 Å². The third-order valence-electron chi connectivity index (χ3n) is 10.8. The second-order valence-corrected chi connectivity index (χ2v) is 14.6. The molecule has 274 valence electrons. The van der Waals surface area contributed by atoms with Crippen LogP contribution in [0.2, 0.25) is 0 Å². The number of nitrogens with two attached hydrogens (primary N) is 1. The van der Waals surface area contributed by atoms with Gasteiger partial charge in [0.2, 0.25) is 5.91 Å². The van der Waals surface area contributed by atoms with Crippen molar-refractivity contribution in [3.8, 4) is 23.2 Å². The highest BCUT2D eigenvalue weighted by Gasteiger charge is 2.49. The van der Waals surface area contributed by atoms with E-state index in [-0.39, 0.29) is 75.5 Å². The summed E-state index contributed by atoms with van der Waals surface area (Å²) in [4.78, 5) is 26.9. The second-order valence-electron chi connectivity index (χ2n) is 13.6. The maximum absolute atomic E-state index is 17.2. The minimum absolute atomic E-state index is 0.0284. The minimum atomic E-state index is -5.13. The maximum atomic E-state index is 17.2. The number of likely N-dealkylation sites (N-methyl/N-ethyl adjacent to an activating group) is 1. The number of thiophene rings is 1. The Morgan fingerprint density at radius 3 is 2.75 bits per heavy atom. The van der Waals surface area contributed by atoms with Crippen LogP contribution in [-0.2, 0) is 11.0 Å². The Labute approximate surface area is 299 Å². The van der Waals surface area contributed by atoms with Crippen molar-refractivity contribution >= 4 is 49.1 Å². The SMILES string of the molecule is C=CC(=O)N1CCC(N(CC)c2nc(OCC34CCCN3CC(F)C4)nc3c(F)c(-c4ccc(F)c5sc(N)c(C#N)c45)c(C(F)(F)F)cc23)C1C. The van der Waals surface area contributed by atoms with Crippen LogP contribution in [0, 0.1) is 23.0 Å². The molecule has 4 unspecified atom stereocenters. The lowest BCUT2D eigenvalue weighted by Crippen LogP contribution is -2.45. The first-order valence-electron chi connectivity index (χ1n) is 17.0. The standard InChI is InChI=1S/C36H35F6N7O2S/c1-4-26(50)49-12-9-25(18(49)3)48(5-2)33-21-13-23(36(40,41)42)28(20-7-8-24(38)31-27(20)22(15-43)32(44)52-31)29(39)30(21)45-34(46-33)51-17-35-10-6-11-47(35)16-19(37)14-35/h4,7-8,13,18-19,25H,1,5-6,9-12,14,16-17,44H2,2-3H3. The van der Waals surface area contributed by atoms with Crippen molar-refractivity contribution in [2.45, 2.75) is 69.5 Å². The molecule has 3 fully saturated rings. The molecule has 0 saturated carbocycles. The number of carbonyl (C=O) groups is 1. The van der Waals surface area contributed by atoms with Gasteiger partial charge in [-0.1, -0.05) is 12.6 Å². The van der Waals surface area contributed by atoms with Crippen LogP contribution >= 0.6 is 11.3 Å². The van der Waals surface area contributed by atoms with E-state index >= 15 is 17.6 Å². The van der Waals surface area contributed by atoms with Gasteiger partial charge >= 0.3 is 12.2 Å². The first-order valence-corrected chi connectivity index (χ1v) is 17.8. The van der Waals surface area contributed by atoms with Crippen LogP contribution in [0.1, 0.15) is 50.7 Å². The molecule has 0 aliphatic carbocycles. The summed E-state index contributed by atoms with van der Waals surface area (Å²) in [6.07, 6.45) is -2.87. The monoisotopic (exact) mass is 743 g/mol. The van der Waals surface area contributed by atoms with Gasteiger partial charge in [0.1, 0.15) is 41.0 Å². The predicted octanol–water partition coefficient (Wildman–Crippen LogP) is 7.22. The third kappa shape index (κ3) is 5.69. The van der Waals surface area contributed by atoms with E-state index < -0.39 is 58.2 Å². The Kier molecular flexibility index (Phi) is 9.01. The number of nitrogens with zero attached hydrogens (tertiary/aromatic N) is 6. The van der Waals surface area contributed by atoms with Gasteiger partial charge in [0.15, 0.2) is 5.82 Å². The molecule has 4 atom stereocenters. The number of hydrogen-bond donors (Lipinski definition) is 1. The van der Waals surface area contributed by atoms with Crippen LogP contribution in [0.4, 0.5) is 37.2 Å². The van der Waals surface area contributed by atoms with Crippen LogP contribution < -0.4 is 15.4 Å². The van der Waals surface area contributed by atoms with Gasteiger partial charge in [-0.3, -0.25) is 9.69 Å². The van der Waals surface area contributed by atoms with E-state index in [9.17, 15) is 18.8 Å². The van der Waals surface area contributed by atoms with Crippen LogP contribution in [-0.4, -0.2) is 82.3 Å². The van der Waals surface area contributed by atoms with Gasteiger partial charge < -0.3 is 20.3 Å². The lowest BCUT2D eigenvalue weighted by atomic mass is 9.92. The quantitative estimate of drug-likeness (QED) is 0.149. The zero-order chi connectivity index (χ0) is 37.3. The largest absolute Gasteiger partial charge is 0.461 e. The normalized spacial score (nSPS) is 23.4. The molecule has 52 heavy (non-hydrogen) atoms. The summed E-state index contributed by atoms with van der Waals surface area (Å²) < 4.78 is 98.0. The molecule has 0 radical (unpaired) electrons. The molecule has 1 amide bonds. The van der Waals surface area contributed by atoms with Gasteiger partial charge in [0, 0.05) is 48.4 Å². The summed E-state index contributed by atoms with van der Waals surface area (Å²) in [6.45, 7) is 8.60. The molecule has 16 heteroatoms. The van der Waals surface area contributed by atoms with E-state index in [0.29, 0.717) is 37.3 Å². The number of amides is 1. The molecule has 3 aliphatic rings. The Morgan fingerprint density at radius 2 is 2.06 bits per heavy atom. The summed E-state index contributed by atoms with van der Waals surface area (Å²) in [5.41, 5.74) is 1.85. The number of ether oxygens (including phenoxy) is 1. The number of aromatic nitrogens is 2. The van der Waals surface area contributed by atoms with Crippen LogP contribution in [0.15, 0.2) is 30.9 Å². The Balaban J connectivity index is 1.47. The van der Waals surface area contributed by atoms with E-state index in [4.69, 9.17) is 10.5 Å². The first-order chi connectivity index (χ1) is 24.7. The summed E-state index contributed by atoms with van der Waals surface area (Å²) >= 11 is 0.677. The van der Waals surface area contributed by atoms with Gasteiger partial charge in [0.05, 0.1) is 27.4 Å². The van der Waals surface area contributed by atoms with Crippen molar-refractivity contribution in [3.63, 3.8) is 0 Å². The fourth-order valence-corrected chi connectivity index (χ4v) is 9.38. The Morgan fingerprint density at radius 1 is 1.29 bits per heavy atom. The molecule has 2 N–H and O–H groups in total. The molecular formula is C36H35F6N7O2S. The maximum Gasteiger partial charge on any atom is 0.417 e. The van der Waals surface area contributed by atoms with Crippen molar-refractivity contribution < 1.29 is 35.9 Å². The minimum Gasteiger partial charge on any atom is -0.461 e. The molecule has 5 heterocycles. The van der Waals surface area contributed by atoms with Crippen LogP contribution in [0.25, 0.3) is 32.1 Å². The van der Waals surface area contributed by atoms with Gasteiger partial charge in [0.25, 0.3) is 0 Å². The number of alkyl halides is 4. The highest BCUT2D eigenvalue weighted by atomic mass is 32.1. The highest BCUT2D eigenvalue weighted by Crippen LogP contribution is 2.48. The molecule has 4 aromatic rings. The fraction of sp³-hybridized carbons (Fsp3) is 0.444. The zero-order valence-corrected chi connectivity index (χ0v) is 29.2. The smallest absolute Gasteiger partial charge is 0.417 e. The van der Waals surface area contributed by atoms with Crippen molar-refractivity contribution in [2.75, 3.05) is 43.4 Å². The highest BCUT2D eigenvalue weighted by molar-refractivity contribution is 7.23. The van der Waals surface area contributed by atoms with E-state index in [2.05, 4.69) is 16.5 Å². The molecule has 3 aliphatic heterocycles. The molecule has 3 saturated heterocycles. The number of nitrogen functional groups attached to an aromatic ring is 1. The number of benzene rings is 2. The number of hydrogen-bond acceptors (Lipinski definition) is 9. The summed E-state index contributed by atoms with van der Waals surface area (Å²) in [6, 6.07) is 3.31. The lowest BCUT2D eigenvalue weighted by molar-refractivity contribution is -0.137. The fourth-order valence-electron chi connectivity index (χ4n) is 8.43. The molecule has 7 rings (SSSR count). The number of fused-ring (bicyclic) bond motifs is 3. The molecule has 0 bridgehead atoms. The number of halogens is 6. The number of anilines is 2. The van der Waals surface area contributed by atoms with Crippen molar-refractivity contribution in [3.05, 3.63) is 53.6 Å². The Hall–Kier alpha value is -4.62. The van der Waals surface area contributed by atoms with Gasteiger partial charge in [-0.25, -0.2) is 13.2 Å². The average molecular weight is 744 g/mol. The molecule has 9 nitrogen and oxygen atoms in total. The third-order valence-corrected chi connectivity index (χ3v) is 11.8. The summed E-state index contributed by atoms with van der Waals surface area (Å²) in [5, 5.41) is 9.22. The molecular weight excluding hydrogens is 708 g/mol. The number of carbonyl (C=O) groups excluding carboxylic acids is 1. The zero-order valence-electron chi connectivity index (χ0n) is 28.4. The van der Waals surface area contributed by atoms with E-state index in [1.165, 1.54) is 6.08 Å². The van der Waals surface area contributed by atoms with E-state index in [0.717, 1.165) is 24.6 Å². The van der Waals surface area contributed by atoms with E-state index in [1.54, 1.807) is 16.7 Å². The van der Waals surface area contributed by atoms with E-state index in [1.807, 2.05) is 17.9 Å².